The molecule has 12 heteroatoms. The lowest BCUT2D eigenvalue weighted by molar-refractivity contribution is 0.0990. The maximum absolute atomic E-state index is 13.1. The number of amides is 1. The van der Waals surface area contributed by atoms with Gasteiger partial charge in [0.15, 0.2) is 11.4 Å². The third kappa shape index (κ3) is 7.81. The zero-order chi connectivity index (χ0) is 30.3. The van der Waals surface area contributed by atoms with Crippen LogP contribution in [0.15, 0.2) is 34.7 Å². The predicted octanol–water partition coefficient (Wildman–Crippen LogP) is 4.42. The molecule has 0 saturated carbocycles. The van der Waals surface area contributed by atoms with Gasteiger partial charge in [0.2, 0.25) is 17.7 Å². The van der Waals surface area contributed by atoms with Crippen LogP contribution in [0.25, 0.3) is 0 Å². The molecule has 228 valence electrons. The average Bonchev–Trinajstić information content (AvgIpc) is 3.46. The highest BCUT2D eigenvalue weighted by atomic mass is 28.3. The number of furan rings is 1. The molecule has 3 aromatic rings. The second-order valence-electron chi connectivity index (χ2n) is 11.3. The summed E-state index contributed by atoms with van der Waals surface area (Å²) in [7, 11) is 3.57. The van der Waals surface area contributed by atoms with E-state index in [0.717, 1.165) is 50.8 Å². The summed E-state index contributed by atoms with van der Waals surface area (Å²) in [6, 6.07) is 10.6. The molecule has 42 heavy (non-hydrogen) atoms. The number of nitrogens with one attached hydrogen (secondary N) is 2. The summed E-state index contributed by atoms with van der Waals surface area (Å²) >= 11 is 0. The minimum atomic E-state index is -1.54. The number of hydrogen-bond acceptors (Lipinski definition) is 10. The third-order valence-corrected chi connectivity index (χ3v) is 11.5. The van der Waals surface area contributed by atoms with E-state index in [9.17, 15) is 4.79 Å². The van der Waals surface area contributed by atoms with Gasteiger partial charge in [0.1, 0.15) is 5.75 Å². The van der Waals surface area contributed by atoms with Crippen molar-refractivity contribution in [2.24, 2.45) is 0 Å². The van der Waals surface area contributed by atoms with Crippen LogP contribution in [-0.2, 0) is 0 Å². The Bertz CT molecular complexity index is 1330. The molecule has 1 amide bonds. The largest absolute Gasteiger partial charge is 0.479 e. The van der Waals surface area contributed by atoms with Crippen LogP contribution < -0.4 is 30.0 Å². The third-order valence-electron chi connectivity index (χ3n) is 7.87. The predicted molar refractivity (Wildman–Crippen MR) is 168 cm³/mol. The van der Waals surface area contributed by atoms with Gasteiger partial charge < -0.3 is 39.1 Å². The molecule has 3 heterocycles. The lowest BCUT2D eigenvalue weighted by Crippen LogP contribution is -2.44. The van der Waals surface area contributed by atoms with Crippen LogP contribution >= 0.6 is 0 Å². The second-order valence-corrected chi connectivity index (χ2v) is 16.3. The first-order chi connectivity index (χ1) is 20.1. The molecule has 0 bridgehead atoms. The van der Waals surface area contributed by atoms with Gasteiger partial charge in [-0.3, -0.25) is 4.79 Å². The van der Waals surface area contributed by atoms with Gasteiger partial charge in [-0.05, 0) is 44.6 Å². The molecule has 1 aliphatic rings. The Morgan fingerprint density at radius 1 is 1.05 bits per heavy atom. The molecule has 11 nitrogen and oxygen atoms in total. The fraction of sp³-hybridized carbons (Fsp3) is 0.500. The summed E-state index contributed by atoms with van der Waals surface area (Å²) in [5.41, 5.74) is 1.20. The number of rotatable bonds is 13. The Hall–Kier alpha value is -3.61. The lowest BCUT2D eigenvalue weighted by Gasteiger charge is -2.32. The van der Waals surface area contributed by atoms with Gasteiger partial charge in [0.25, 0.3) is 11.9 Å². The van der Waals surface area contributed by atoms with E-state index < -0.39 is 14.0 Å². The Morgan fingerprint density at radius 2 is 1.74 bits per heavy atom. The molecule has 1 saturated heterocycles. The van der Waals surface area contributed by atoms with Crippen molar-refractivity contribution in [1.29, 1.82) is 0 Å². The van der Waals surface area contributed by atoms with E-state index in [1.165, 1.54) is 19.4 Å². The fourth-order valence-corrected chi connectivity index (χ4v) is 6.06. The van der Waals surface area contributed by atoms with Crippen LogP contribution in [0.4, 0.5) is 11.6 Å². The van der Waals surface area contributed by atoms with E-state index in [-0.39, 0.29) is 29.2 Å². The van der Waals surface area contributed by atoms with Gasteiger partial charge in [-0.25, -0.2) is 0 Å². The van der Waals surface area contributed by atoms with Crippen molar-refractivity contribution in [3.63, 3.8) is 0 Å². The molecule has 2 N–H and O–H groups in total. The average molecular weight is 597 g/mol. The minimum Gasteiger partial charge on any atom is -0.479 e. The van der Waals surface area contributed by atoms with Crippen LogP contribution in [0.2, 0.25) is 19.1 Å². The number of nitrogens with zero attached hydrogens (tertiary/aromatic N) is 4. The normalized spacial score (nSPS) is 14.5. The zero-order valence-corrected chi connectivity index (χ0v) is 26.9. The number of aromatic nitrogens is 2. The van der Waals surface area contributed by atoms with E-state index in [1.54, 1.807) is 12.1 Å². The van der Waals surface area contributed by atoms with Crippen molar-refractivity contribution < 1.29 is 23.4 Å². The minimum absolute atomic E-state index is 0.0669. The van der Waals surface area contributed by atoms with Gasteiger partial charge in [0.05, 0.1) is 22.3 Å². The number of ether oxygens (including phenoxy) is 3. The summed E-state index contributed by atoms with van der Waals surface area (Å²) < 4.78 is 22.8. The number of hydrogen-bond donors (Lipinski definition) is 2. The Morgan fingerprint density at radius 3 is 2.38 bits per heavy atom. The number of carbonyl (C=O) groups excluding carboxylic acids is 1. The lowest BCUT2D eigenvalue weighted by atomic mass is 10.2. The first kappa shape index (κ1) is 31.3. The molecule has 0 aliphatic carbocycles. The van der Waals surface area contributed by atoms with Crippen molar-refractivity contribution in [1.82, 2.24) is 19.8 Å². The molecule has 0 spiro atoms. The molecule has 4 rings (SSSR count). The molecule has 1 aromatic carbocycles. The van der Waals surface area contributed by atoms with Crippen molar-refractivity contribution in [2.45, 2.75) is 39.4 Å². The Labute approximate surface area is 249 Å². The second kappa shape index (κ2) is 14.0. The zero-order valence-electron chi connectivity index (χ0n) is 25.9. The van der Waals surface area contributed by atoms with Crippen molar-refractivity contribution >= 4 is 30.8 Å². The highest BCUT2D eigenvalue weighted by molar-refractivity contribution is 6.89. The van der Waals surface area contributed by atoms with Gasteiger partial charge in [-0.15, -0.1) is 0 Å². The monoisotopic (exact) mass is 596 g/mol. The summed E-state index contributed by atoms with van der Waals surface area (Å²) in [6.07, 6.45) is 0.946. The SMILES string of the molecule is CC[Si](C)(C)c1ccc(C)c(Oc2ccc(C(=O)Nc3c(OC)nc(NCCCN4CCN(C)CC4)nc3OC)o2)c1. The number of methoxy groups -OCH3 is 2. The molecule has 2 aromatic heterocycles. The molecule has 0 atom stereocenters. The molecular formula is C30H44N6O5Si. The summed E-state index contributed by atoms with van der Waals surface area (Å²) in [5, 5.41) is 7.31. The Balaban J connectivity index is 1.40. The maximum atomic E-state index is 13.1. The number of aryl methyl sites for hydroxylation is 1. The van der Waals surface area contributed by atoms with E-state index in [0.29, 0.717) is 18.2 Å². The van der Waals surface area contributed by atoms with Crippen LogP contribution in [0, 0.1) is 6.92 Å². The highest BCUT2D eigenvalue weighted by Gasteiger charge is 2.24. The standard InChI is InChI=1S/C30H44N6O5Si/c1-8-42(6,7)22-11-10-21(2)24(20-22)41-25-13-12-23(40-25)27(37)32-26-28(38-4)33-30(34-29(26)39-5)31-14-9-15-36-18-16-35(3)17-19-36/h10-13,20H,8-9,14-19H2,1-7H3,(H,32,37)(H,31,33,34). The van der Waals surface area contributed by atoms with Gasteiger partial charge in [-0.2, -0.15) is 9.97 Å². The van der Waals surface area contributed by atoms with Crippen LogP contribution in [0.3, 0.4) is 0 Å². The topological polar surface area (TPSA) is 114 Å². The van der Waals surface area contributed by atoms with E-state index in [2.05, 4.69) is 75.7 Å². The van der Waals surface area contributed by atoms with Crippen molar-refractivity contribution in [3.8, 4) is 23.5 Å². The van der Waals surface area contributed by atoms with Gasteiger partial charge in [0, 0.05) is 38.8 Å². The number of piperazine rings is 1. The van der Waals surface area contributed by atoms with Crippen LogP contribution in [0.1, 0.15) is 29.5 Å². The smallest absolute Gasteiger partial charge is 0.291 e. The first-order valence-electron chi connectivity index (χ1n) is 14.5. The van der Waals surface area contributed by atoms with Gasteiger partial charge >= 0.3 is 0 Å². The van der Waals surface area contributed by atoms with Crippen LogP contribution in [-0.4, -0.2) is 94.3 Å². The van der Waals surface area contributed by atoms with E-state index >= 15 is 0 Å². The molecule has 0 unspecified atom stereocenters. The fourth-order valence-electron chi connectivity index (χ4n) is 4.59. The van der Waals surface area contributed by atoms with Crippen molar-refractivity contribution in [3.05, 3.63) is 41.7 Å². The van der Waals surface area contributed by atoms with Crippen LogP contribution in [0.5, 0.6) is 23.5 Å². The summed E-state index contributed by atoms with van der Waals surface area (Å²) in [6.45, 7) is 14.9. The summed E-state index contributed by atoms with van der Waals surface area (Å²) in [5.74, 6) is 1.21. The molecule has 1 aliphatic heterocycles. The number of likely N-dealkylation sites (N-methyl/N-ethyl adjacent to an activating group) is 1. The highest BCUT2D eigenvalue weighted by Crippen LogP contribution is 2.34. The van der Waals surface area contributed by atoms with Gasteiger partial charge in [-0.1, -0.05) is 43.4 Å². The Kier molecular flexibility index (Phi) is 10.5. The first-order valence-corrected chi connectivity index (χ1v) is 17.7. The van der Waals surface area contributed by atoms with E-state index in [4.69, 9.17) is 18.6 Å². The number of anilines is 2. The molecular weight excluding hydrogens is 552 g/mol. The summed E-state index contributed by atoms with van der Waals surface area (Å²) in [4.78, 5) is 26.8. The molecule has 0 radical (unpaired) electrons. The number of benzene rings is 1. The number of carbonyl (C=O) groups is 1. The van der Waals surface area contributed by atoms with E-state index in [1.807, 2.05) is 6.92 Å². The van der Waals surface area contributed by atoms with Crippen molar-refractivity contribution in [2.75, 3.05) is 71.2 Å². The quantitative estimate of drug-likeness (QED) is 0.217. The molecule has 1 fully saturated rings. The maximum Gasteiger partial charge on any atom is 0.291 e.